The summed E-state index contributed by atoms with van der Waals surface area (Å²) in [5.74, 6) is 1.93. The molecule has 56 heavy (non-hydrogen) atoms. The molecule has 0 unspecified atom stereocenters. The van der Waals surface area contributed by atoms with Crippen LogP contribution in [-0.2, 0) is 0 Å². The van der Waals surface area contributed by atoms with Gasteiger partial charge >= 0.3 is 0 Å². The highest BCUT2D eigenvalue weighted by Crippen LogP contribution is 2.47. The summed E-state index contributed by atoms with van der Waals surface area (Å²) in [6.07, 6.45) is 0. The minimum Gasteiger partial charge on any atom is -0.308 e. The molecule has 4 heterocycles. The van der Waals surface area contributed by atoms with Crippen molar-refractivity contribution < 1.29 is 0 Å². The van der Waals surface area contributed by atoms with Crippen molar-refractivity contribution in [3.8, 4) is 62.2 Å². The van der Waals surface area contributed by atoms with Gasteiger partial charge in [-0.25, -0.2) is 19.9 Å². The summed E-state index contributed by atoms with van der Waals surface area (Å²) in [6.45, 7) is 0. The SMILES string of the molecule is c1ccc(-c2nc(-c3ccccc3)nc(-c3cccc(-c4ccc(-n5c6ccccc6c6sc7c8ccccc8nc(-c8ccccc8)c7c65)cc4)c3)n2)cc1. The molecule has 0 aliphatic rings. The first kappa shape index (κ1) is 32.2. The zero-order valence-electron chi connectivity index (χ0n) is 30.0. The van der Waals surface area contributed by atoms with Crippen molar-refractivity contribution in [2.75, 3.05) is 0 Å². The molecule has 0 radical (unpaired) electrons. The number of hydrogen-bond donors (Lipinski definition) is 0. The van der Waals surface area contributed by atoms with Crippen molar-refractivity contribution in [2.24, 2.45) is 0 Å². The summed E-state index contributed by atoms with van der Waals surface area (Å²) < 4.78 is 4.95. The number of pyridine rings is 1. The fourth-order valence-electron chi connectivity index (χ4n) is 7.80. The minimum absolute atomic E-state index is 0.636. The van der Waals surface area contributed by atoms with Gasteiger partial charge in [0.15, 0.2) is 17.5 Å². The molecule has 7 aromatic carbocycles. The molecule has 0 aliphatic carbocycles. The van der Waals surface area contributed by atoms with E-state index in [4.69, 9.17) is 19.9 Å². The average Bonchev–Trinajstić information content (AvgIpc) is 3.83. The van der Waals surface area contributed by atoms with Crippen LogP contribution in [0.3, 0.4) is 0 Å². The summed E-state index contributed by atoms with van der Waals surface area (Å²) in [4.78, 5) is 20.1. The predicted octanol–water partition coefficient (Wildman–Crippen LogP) is 13.1. The standard InChI is InChI=1S/C50H31N5S/c1-4-15-33(16-5-1)44-43-45-47(56-46(43)39-23-10-12-25-41(39)51-44)40-24-11-13-26-42(40)55(45)38-29-27-32(28-30-38)36-21-14-22-37(31-36)50-53-48(34-17-6-2-7-18-34)52-49(54-50)35-19-8-3-9-20-35/h1-31H. The van der Waals surface area contributed by atoms with Crippen molar-refractivity contribution in [1.29, 1.82) is 0 Å². The van der Waals surface area contributed by atoms with Crippen LogP contribution in [0.15, 0.2) is 188 Å². The number of thiophene rings is 1. The van der Waals surface area contributed by atoms with E-state index in [1.54, 1.807) is 0 Å². The van der Waals surface area contributed by atoms with Gasteiger partial charge in [-0.2, -0.15) is 0 Å². The molecule has 4 aromatic heterocycles. The highest BCUT2D eigenvalue weighted by Gasteiger charge is 2.23. The highest BCUT2D eigenvalue weighted by atomic mass is 32.1. The largest absolute Gasteiger partial charge is 0.308 e. The Morgan fingerprint density at radius 3 is 1.59 bits per heavy atom. The van der Waals surface area contributed by atoms with Gasteiger partial charge in [0.25, 0.3) is 0 Å². The maximum Gasteiger partial charge on any atom is 0.164 e. The fraction of sp³-hybridized carbons (Fsp3) is 0. The van der Waals surface area contributed by atoms with Gasteiger partial charge in [0, 0.05) is 48.8 Å². The van der Waals surface area contributed by atoms with Crippen LogP contribution in [0, 0.1) is 0 Å². The fourth-order valence-corrected chi connectivity index (χ4v) is 9.15. The van der Waals surface area contributed by atoms with Crippen LogP contribution in [0.2, 0.25) is 0 Å². The van der Waals surface area contributed by atoms with E-state index < -0.39 is 0 Å². The van der Waals surface area contributed by atoms with Gasteiger partial charge in [-0.3, -0.25) is 0 Å². The molecule has 6 heteroatoms. The van der Waals surface area contributed by atoms with Crippen LogP contribution in [0.25, 0.3) is 104 Å². The average molecular weight is 734 g/mol. The second-order valence-electron chi connectivity index (χ2n) is 13.8. The molecule has 11 aromatic rings. The lowest BCUT2D eigenvalue weighted by atomic mass is 10.0. The third kappa shape index (κ3) is 5.38. The number of fused-ring (bicyclic) bond motifs is 7. The Kier molecular flexibility index (Phi) is 7.60. The number of hydrogen-bond acceptors (Lipinski definition) is 5. The second kappa shape index (κ2) is 13.2. The van der Waals surface area contributed by atoms with Crippen LogP contribution < -0.4 is 0 Å². The molecule has 0 aliphatic heterocycles. The zero-order valence-corrected chi connectivity index (χ0v) is 30.9. The van der Waals surface area contributed by atoms with Gasteiger partial charge in [0.1, 0.15) is 0 Å². The first-order valence-corrected chi connectivity index (χ1v) is 19.5. The molecule has 0 N–H and O–H groups in total. The Hall–Kier alpha value is -7.28. The van der Waals surface area contributed by atoms with Crippen LogP contribution in [-0.4, -0.2) is 24.5 Å². The van der Waals surface area contributed by atoms with E-state index in [1.165, 1.54) is 36.6 Å². The number of aromatic nitrogens is 5. The number of nitrogens with zero attached hydrogens (tertiary/aromatic N) is 5. The van der Waals surface area contributed by atoms with Crippen molar-refractivity contribution in [2.45, 2.75) is 0 Å². The monoisotopic (exact) mass is 733 g/mol. The number of rotatable bonds is 6. The van der Waals surface area contributed by atoms with Crippen molar-refractivity contribution in [3.63, 3.8) is 0 Å². The zero-order chi connectivity index (χ0) is 37.0. The normalized spacial score (nSPS) is 11.6. The van der Waals surface area contributed by atoms with Crippen molar-refractivity contribution in [3.05, 3.63) is 188 Å². The molecule has 11 rings (SSSR count). The molecule has 5 nitrogen and oxygen atoms in total. The molecule has 0 spiro atoms. The minimum atomic E-state index is 0.636. The lowest BCUT2D eigenvalue weighted by Crippen LogP contribution is -2.00. The smallest absolute Gasteiger partial charge is 0.164 e. The Bertz CT molecular complexity index is 3170. The molecular formula is C50H31N5S. The van der Waals surface area contributed by atoms with Gasteiger partial charge in [-0.05, 0) is 41.5 Å². The Morgan fingerprint density at radius 2 is 0.911 bits per heavy atom. The molecule has 0 bridgehead atoms. The third-order valence-electron chi connectivity index (χ3n) is 10.4. The summed E-state index contributed by atoms with van der Waals surface area (Å²) in [7, 11) is 0. The second-order valence-corrected chi connectivity index (χ2v) is 14.9. The number of para-hydroxylation sites is 2. The van der Waals surface area contributed by atoms with E-state index in [0.717, 1.165) is 50.3 Å². The van der Waals surface area contributed by atoms with E-state index in [-0.39, 0.29) is 0 Å². The molecule has 0 saturated carbocycles. The molecule has 0 fully saturated rings. The topological polar surface area (TPSA) is 56.5 Å². The van der Waals surface area contributed by atoms with Crippen LogP contribution in [0.1, 0.15) is 0 Å². The Morgan fingerprint density at radius 1 is 0.375 bits per heavy atom. The van der Waals surface area contributed by atoms with Gasteiger partial charge in [-0.15, -0.1) is 11.3 Å². The first-order chi connectivity index (χ1) is 27.8. The quantitative estimate of drug-likeness (QED) is 0.171. The van der Waals surface area contributed by atoms with Gasteiger partial charge in [-0.1, -0.05) is 158 Å². The van der Waals surface area contributed by atoms with Crippen LogP contribution in [0.5, 0.6) is 0 Å². The van der Waals surface area contributed by atoms with Crippen LogP contribution in [0.4, 0.5) is 0 Å². The molecule has 0 atom stereocenters. The summed E-state index contributed by atoms with van der Waals surface area (Å²) in [6, 6.07) is 65.4. The lowest BCUT2D eigenvalue weighted by molar-refractivity contribution is 1.07. The van der Waals surface area contributed by atoms with E-state index in [0.29, 0.717) is 17.5 Å². The molecule has 262 valence electrons. The third-order valence-corrected chi connectivity index (χ3v) is 11.7. The van der Waals surface area contributed by atoms with E-state index in [1.807, 2.05) is 72.0 Å². The predicted molar refractivity (Wildman–Crippen MR) is 232 cm³/mol. The summed E-state index contributed by atoms with van der Waals surface area (Å²) >= 11 is 1.87. The van der Waals surface area contributed by atoms with Crippen LogP contribution >= 0.6 is 11.3 Å². The number of benzene rings is 7. The maximum absolute atomic E-state index is 5.31. The Balaban J connectivity index is 1.05. The van der Waals surface area contributed by atoms with E-state index in [9.17, 15) is 0 Å². The Labute approximate surface area is 326 Å². The van der Waals surface area contributed by atoms with Gasteiger partial charge < -0.3 is 4.57 Å². The van der Waals surface area contributed by atoms with Crippen molar-refractivity contribution >= 4 is 53.4 Å². The van der Waals surface area contributed by atoms with Gasteiger partial charge in [0.2, 0.25) is 0 Å². The van der Waals surface area contributed by atoms with Crippen molar-refractivity contribution in [1.82, 2.24) is 24.5 Å². The van der Waals surface area contributed by atoms with E-state index >= 15 is 0 Å². The molecule has 0 amide bonds. The maximum atomic E-state index is 5.31. The summed E-state index contributed by atoms with van der Waals surface area (Å²) in [5.41, 5.74) is 11.6. The van der Waals surface area contributed by atoms with E-state index in [2.05, 4.69) is 132 Å². The molecular weight excluding hydrogens is 703 g/mol. The lowest BCUT2D eigenvalue weighted by Gasteiger charge is -2.12. The first-order valence-electron chi connectivity index (χ1n) is 18.6. The summed E-state index contributed by atoms with van der Waals surface area (Å²) in [5, 5.41) is 3.61. The van der Waals surface area contributed by atoms with Gasteiger partial charge in [0.05, 0.1) is 26.9 Å². The highest BCUT2D eigenvalue weighted by molar-refractivity contribution is 7.27. The molecule has 0 saturated heterocycles.